The summed E-state index contributed by atoms with van der Waals surface area (Å²) in [7, 11) is -8.72. The molecule has 10 heavy (non-hydrogen) atoms. The van der Waals surface area contributed by atoms with Gasteiger partial charge in [0.1, 0.15) is 0 Å². The van der Waals surface area contributed by atoms with Gasteiger partial charge in [0.15, 0.2) is 0 Å². The summed E-state index contributed by atoms with van der Waals surface area (Å²) in [6.45, 7) is 2.31. The third-order valence-corrected chi connectivity index (χ3v) is 0. The van der Waals surface area contributed by atoms with Crippen molar-refractivity contribution in [3.8, 4) is 0 Å². The smallest absolute Gasteiger partial charge is 0.271 e. The van der Waals surface area contributed by atoms with Crippen LogP contribution in [0.4, 0.5) is 20.5 Å². The minimum absolute atomic E-state index is 0.326. The Hall–Kier alpha value is 0.0838. The van der Waals surface area contributed by atoms with Gasteiger partial charge in [-0.1, -0.05) is 0 Å². The molecule has 0 nitrogen and oxygen atoms in total. The topological polar surface area (TPSA) is 0 Å². The molecular formula is C3H9F5Si2. The Morgan fingerprint density at radius 3 is 0.700 bits per heavy atom. The van der Waals surface area contributed by atoms with E-state index in [-0.39, 0.29) is 0 Å². The molecule has 0 atom stereocenters. The first-order chi connectivity index (χ1) is 4.00. The van der Waals surface area contributed by atoms with Crippen LogP contribution >= 0.6 is 0 Å². The van der Waals surface area contributed by atoms with Gasteiger partial charge in [-0.2, -0.15) is 0 Å². The quantitative estimate of drug-likeness (QED) is 0.317. The van der Waals surface area contributed by atoms with Crippen molar-refractivity contribution in [3.05, 3.63) is 0 Å². The van der Waals surface area contributed by atoms with Crippen LogP contribution < -0.4 is 0 Å². The average molecular weight is 196 g/mol. The van der Waals surface area contributed by atoms with Gasteiger partial charge in [-0.15, -0.1) is 0 Å². The molecule has 0 bridgehead atoms. The highest BCUT2D eigenvalue weighted by Gasteiger charge is 2.26. The van der Waals surface area contributed by atoms with E-state index in [1.807, 2.05) is 0 Å². The van der Waals surface area contributed by atoms with E-state index in [1.54, 1.807) is 0 Å². The van der Waals surface area contributed by atoms with Gasteiger partial charge < -0.3 is 0 Å². The molecule has 0 unspecified atom stereocenters. The SMILES string of the molecule is C[Si](C)(F)F.C[Si](F)(F)F. The van der Waals surface area contributed by atoms with E-state index in [4.69, 9.17) is 0 Å². The Labute approximate surface area is 58.9 Å². The summed E-state index contributed by atoms with van der Waals surface area (Å²) >= 11 is 0. The van der Waals surface area contributed by atoms with Crippen molar-refractivity contribution < 1.29 is 20.5 Å². The second kappa shape index (κ2) is 4.07. The van der Waals surface area contributed by atoms with Crippen molar-refractivity contribution in [2.75, 3.05) is 0 Å². The standard InChI is InChI=1S/C2H6F2Si.CH3F3Si/c2*1-5(2,3)4/h1-2H3;1H3. The molecule has 0 radical (unpaired) electrons. The number of rotatable bonds is 0. The minimum Gasteiger partial charge on any atom is -0.271 e. The van der Waals surface area contributed by atoms with E-state index in [1.165, 1.54) is 0 Å². The lowest BCUT2D eigenvalue weighted by Gasteiger charge is -1.89. The maximum absolute atomic E-state index is 11.2. The van der Waals surface area contributed by atoms with E-state index >= 15 is 0 Å². The maximum atomic E-state index is 11.2. The molecule has 0 aliphatic carbocycles. The highest BCUT2D eigenvalue weighted by molar-refractivity contribution is 6.63. The lowest BCUT2D eigenvalue weighted by atomic mass is 11.9. The van der Waals surface area contributed by atoms with E-state index in [0.29, 0.717) is 6.55 Å². The predicted octanol–water partition coefficient (Wildman–Crippen LogP) is 3.09. The molecule has 0 amide bonds. The third kappa shape index (κ3) is 57800. The minimum atomic E-state index is -5.11. The zero-order chi connectivity index (χ0) is 9.00. The summed E-state index contributed by atoms with van der Waals surface area (Å²) in [6.07, 6.45) is 0. The van der Waals surface area contributed by atoms with E-state index in [2.05, 4.69) is 0 Å². The summed E-state index contributed by atoms with van der Waals surface area (Å²) < 4.78 is 53.8. The fraction of sp³-hybridized carbons (Fsp3) is 1.00. The van der Waals surface area contributed by atoms with Crippen LogP contribution in [0.25, 0.3) is 0 Å². The van der Waals surface area contributed by atoms with Crippen LogP contribution in [0.3, 0.4) is 0 Å². The van der Waals surface area contributed by atoms with Crippen molar-refractivity contribution >= 4 is 17.8 Å². The molecule has 0 aromatic heterocycles. The highest BCUT2D eigenvalue weighted by Crippen LogP contribution is 2.03. The lowest BCUT2D eigenvalue weighted by Crippen LogP contribution is -2.06. The molecule has 0 aromatic carbocycles. The Kier molecular flexibility index (Phi) is 5.18. The Morgan fingerprint density at radius 2 is 0.700 bits per heavy atom. The van der Waals surface area contributed by atoms with Gasteiger partial charge >= 0.3 is 17.8 Å². The van der Waals surface area contributed by atoms with Crippen LogP contribution in [-0.2, 0) is 0 Å². The first-order valence-corrected chi connectivity index (χ1v) is 7.33. The second-order valence-electron chi connectivity index (χ2n) is 2.11. The van der Waals surface area contributed by atoms with Gasteiger partial charge in [0.2, 0.25) is 0 Å². The molecule has 0 saturated carbocycles. The predicted molar refractivity (Wildman–Crippen MR) is 34.6 cm³/mol. The molecule has 0 rings (SSSR count). The lowest BCUT2D eigenvalue weighted by molar-refractivity contribution is 0.487. The fourth-order valence-corrected chi connectivity index (χ4v) is 0. The Morgan fingerprint density at radius 1 is 0.700 bits per heavy atom. The number of hydrogen-bond donors (Lipinski definition) is 0. The van der Waals surface area contributed by atoms with Crippen molar-refractivity contribution in [2.24, 2.45) is 0 Å². The molecule has 0 saturated heterocycles. The van der Waals surface area contributed by atoms with Gasteiger partial charge in [-0.05, 0) is 13.1 Å². The largest absolute Gasteiger partial charge is 0.612 e. The first-order valence-electron chi connectivity index (χ1n) is 2.44. The zero-order valence-electron chi connectivity index (χ0n) is 5.89. The molecule has 0 aromatic rings. The van der Waals surface area contributed by atoms with Crippen LogP contribution in [0.1, 0.15) is 0 Å². The molecule has 0 heterocycles. The highest BCUT2D eigenvalue weighted by atomic mass is 28.5. The van der Waals surface area contributed by atoms with Crippen molar-refractivity contribution in [1.82, 2.24) is 0 Å². The summed E-state index contributed by atoms with van der Waals surface area (Å²) in [6, 6.07) is 0. The average Bonchev–Trinajstić information content (AvgIpc) is 1.12. The number of halogens is 5. The molecular weight excluding hydrogens is 187 g/mol. The van der Waals surface area contributed by atoms with Crippen LogP contribution in [0.15, 0.2) is 0 Å². The molecule has 0 spiro atoms. The van der Waals surface area contributed by atoms with E-state index in [9.17, 15) is 20.5 Å². The van der Waals surface area contributed by atoms with Crippen molar-refractivity contribution in [3.63, 3.8) is 0 Å². The molecule has 0 N–H and O–H groups in total. The summed E-state index contributed by atoms with van der Waals surface area (Å²) in [5.41, 5.74) is 0. The molecule has 64 valence electrons. The third-order valence-electron chi connectivity index (χ3n) is 0. The van der Waals surface area contributed by atoms with Crippen LogP contribution in [0, 0.1) is 0 Å². The van der Waals surface area contributed by atoms with Gasteiger partial charge in [0.25, 0.3) is 0 Å². The van der Waals surface area contributed by atoms with Gasteiger partial charge in [0, 0.05) is 6.55 Å². The Balaban J connectivity index is 0. The summed E-state index contributed by atoms with van der Waals surface area (Å²) in [4.78, 5) is 0. The molecule has 7 heteroatoms. The fourth-order valence-electron chi connectivity index (χ4n) is 0. The Bertz CT molecular complexity index is 57.9. The van der Waals surface area contributed by atoms with Crippen LogP contribution in [-0.4, -0.2) is 17.8 Å². The van der Waals surface area contributed by atoms with Gasteiger partial charge in [0.05, 0.1) is 0 Å². The zero-order valence-corrected chi connectivity index (χ0v) is 7.89. The summed E-state index contributed by atoms with van der Waals surface area (Å²) in [5.74, 6) is 0. The second-order valence-corrected chi connectivity index (χ2v) is 6.33. The first kappa shape index (κ1) is 12.7. The number of hydrogen-bond acceptors (Lipinski definition) is 0. The molecule has 0 aliphatic heterocycles. The van der Waals surface area contributed by atoms with Gasteiger partial charge in [-0.25, -0.2) is 12.3 Å². The van der Waals surface area contributed by atoms with E-state index < -0.39 is 17.8 Å². The monoisotopic (exact) mass is 196 g/mol. The van der Waals surface area contributed by atoms with Crippen LogP contribution in [0.5, 0.6) is 0 Å². The van der Waals surface area contributed by atoms with Crippen molar-refractivity contribution in [2.45, 2.75) is 19.6 Å². The molecule has 0 fully saturated rings. The molecule has 0 aliphatic rings. The normalized spacial score (nSPS) is 12.0. The summed E-state index contributed by atoms with van der Waals surface area (Å²) in [5, 5.41) is 0. The maximum Gasteiger partial charge on any atom is 0.612 e. The van der Waals surface area contributed by atoms with Gasteiger partial charge in [-0.3, -0.25) is 8.22 Å². The van der Waals surface area contributed by atoms with Crippen LogP contribution in [0.2, 0.25) is 19.6 Å². The van der Waals surface area contributed by atoms with Crippen molar-refractivity contribution in [1.29, 1.82) is 0 Å². The van der Waals surface area contributed by atoms with E-state index in [0.717, 1.165) is 13.1 Å².